The summed E-state index contributed by atoms with van der Waals surface area (Å²) < 4.78 is 0. The van der Waals surface area contributed by atoms with Crippen LogP contribution >= 0.6 is 0 Å². The Labute approximate surface area is 79.4 Å². The first-order valence-electron chi connectivity index (χ1n) is 5.48. The Hall–Kier alpha value is 0.0649. The lowest BCUT2D eigenvalue weighted by atomic mass is 9.65. The van der Waals surface area contributed by atoms with E-state index in [4.69, 9.17) is 0 Å². The Balaban J connectivity index is 3.38. The van der Waals surface area contributed by atoms with Gasteiger partial charge in [0.05, 0.1) is 0 Å². The molecule has 12 heavy (non-hydrogen) atoms. The van der Waals surface area contributed by atoms with Crippen molar-refractivity contribution in [2.45, 2.75) is 60.1 Å². The monoisotopic (exact) mass is 168 g/mol. The molecule has 0 rings (SSSR count). The topological polar surface area (TPSA) is 0 Å². The van der Waals surface area contributed by atoms with Gasteiger partial charge in [0.2, 0.25) is 0 Å². The first-order chi connectivity index (χ1) is 5.48. The molecule has 0 amide bonds. The van der Waals surface area contributed by atoms with Crippen LogP contribution in [0.2, 0.25) is 12.6 Å². The van der Waals surface area contributed by atoms with Crippen LogP contribution in [0, 0.1) is 11.3 Å². The molecule has 0 aromatic carbocycles. The van der Waals surface area contributed by atoms with Crippen molar-refractivity contribution in [3.05, 3.63) is 0 Å². The third-order valence-electron chi connectivity index (χ3n) is 2.97. The number of rotatable bonds is 5. The quantitative estimate of drug-likeness (QED) is 0.433. The molecule has 1 heteroatoms. The molecule has 72 valence electrons. The molecule has 0 aromatic rings. The molecule has 0 aromatic heterocycles. The fourth-order valence-corrected chi connectivity index (χ4v) is 1.31. The highest BCUT2D eigenvalue weighted by Crippen LogP contribution is 2.28. The lowest BCUT2D eigenvalue weighted by Gasteiger charge is -2.27. The van der Waals surface area contributed by atoms with Gasteiger partial charge in [-0.3, -0.25) is 0 Å². The Morgan fingerprint density at radius 3 is 2.17 bits per heavy atom. The van der Waals surface area contributed by atoms with Crippen molar-refractivity contribution < 1.29 is 0 Å². The molecule has 0 fully saturated rings. The molecule has 0 saturated carbocycles. The summed E-state index contributed by atoms with van der Waals surface area (Å²) in [5.41, 5.74) is 0.506. The zero-order chi connectivity index (χ0) is 9.61. The summed E-state index contributed by atoms with van der Waals surface area (Å²) in [6, 6.07) is 0. The van der Waals surface area contributed by atoms with Gasteiger partial charge in [-0.25, -0.2) is 0 Å². The van der Waals surface area contributed by atoms with Gasteiger partial charge in [0.25, 0.3) is 0 Å². The van der Waals surface area contributed by atoms with Gasteiger partial charge >= 0.3 is 0 Å². The van der Waals surface area contributed by atoms with Crippen LogP contribution in [0.4, 0.5) is 0 Å². The summed E-state index contributed by atoms with van der Waals surface area (Å²) in [4.78, 5) is 0. The molecule has 0 nitrogen and oxygen atoms in total. The average Bonchev–Trinajstić information content (AvgIpc) is 1.96. The Morgan fingerprint density at radius 2 is 1.75 bits per heavy atom. The van der Waals surface area contributed by atoms with Crippen molar-refractivity contribution in [2.75, 3.05) is 0 Å². The Bertz CT molecular complexity index is 102. The third kappa shape index (κ3) is 5.68. The second-order valence-corrected chi connectivity index (χ2v) is 5.12. The van der Waals surface area contributed by atoms with Gasteiger partial charge in [0.15, 0.2) is 0 Å². The van der Waals surface area contributed by atoms with Crippen molar-refractivity contribution in [3.8, 4) is 0 Å². The van der Waals surface area contributed by atoms with Crippen LogP contribution in [0.5, 0.6) is 0 Å². The normalized spacial score (nSPS) is 14.4. The molecule has 0 heterocycles. The molecule has 0 bridgehead atoms. The van der Waals surface area contributed by atoms with E-state index in [0.29, 0.717) is 5.41 Å². The van der Waals surface area contributed by atoms with Gasteiger partial charge < -0.3 is 0 Å². The largest absolute Gasteiger partial charge is 0.120 e. The summed E-state index contributed by atoms with van der Waals surface area (Å²) in [7, 11) is 1.43. The van der Waals surface area contributed by atoms with Crippen LogP contribution in [0.25, 0.3) is 0 Å². The fraction of sp³-hybridized carbons (Fsp3) is 1.00. The molecule has 1 atom stereocenters. The third-order valence-corrected chi connectivity index (χ3v) is 2.97. The van der Waals surface area contributed by atoms with E-state index in [1.165, 1.54) is 32.8 Å². The van der Waals surface area contributed by atoms with Crippen LogP contribution in [-0.2, 0) is 0 Å². The maximum absolute atomic E-state index is 2.38. The smallest absolute Gasteiger partial charge is 0.0777 e. The summed E-state index contributed by atoms with van der Waals surface area (Å²) in [5.74, 6) is 0.870. The second kappa shape index (κ2) is 5.67. The molecule has 0 spiro atoms. The van der Waals surface area contributed by atoms with Gasteiger partial charge in [-0.1, -0.05) is 60.1 Å². The van der Waals surface area contributed by atoms with E-state index in [-0.39, 0.29) is 0 Å². The Kier molecular flexibility index (Phi) is 5.70. The second-order valence-electron chi connectivity index (χ2n) is 5.12. The van der Waals surface area contributed by atoms with Crippen molar-refractivity contribution in [1.29, 1.82) is 0 Å². The van der Waals surface area contributed by atoms with Gasteiger partial charge in [0, 0.05) is 0 Å². The highest BCUT2D eigenvalue weighted by molar-refractivity contribution is 6.35. The van der Waals surface area contributed by atoms with E-state index < -0.39 is 0 Å². The van der Waals surface area contributed by atoms with Crippen LogP contribution in [-0.4, -0.2) is 7.28 Å². The van der Waals surface area contributed by atoms with Crippen molar-refractivity contribution in [2.24, 2.45) is 11.3 Å². The van der Waals surface area contributed by atoms with Crippen LogP contribution in [0.15, 0.2) is 0 Å². The lowest BCUT2D eigenvalue weighted by Crippen LogP contribution is -2.17. The molecule has 0 radical (unpaired) electrons. The number of hydrogen-bond acceptors (Lipinski definition) is 0. The fourth-order valence-electron chi connectivity index (χ4n) is 1.31. The molecular formula is C11H25B. The molecule has 0 saturated heterocycles. The minimum atomic E-state index is 0.506. The van der Waals surface area contributed by atoms with Crippen LogP contribution in [0.3, 0.4) is 0 Å². The number of hydrogen-bond donors (Lipinski definition) is 0. The van der Waals surface area contributed by atoms with Gasteiger partial charge in [0.1, 0.15) is 7.28 Å². The van der Waals surface area contributed by atoms with E-state index in [1.54, 1.807) is 0 Å². The molecule has 1 unspecified atom stereocenters. The summed E-state index contributed by atoms with van der Waals surface area (Å²) >= 11 is 0. The maximum Gasteiger partial charge on any atom is 0.120 e. The Morgan fingerprint density at radius 1 is 1.17 bits per heavy atom. The first-order valence-corrected chi connectivity index (χ1v) is 5.48. The predicted octanol–water partition coefficient (Wildman–Crippen LogP) is 3.74. The van der Waals surface area contributed by atoms with E-state index in [2.05, 4.69) is 34.6 Å². The SMILES string of the molecule is CCCBCCC(C)C(C)(C)C. The van der Waals surface area contributed by atoms with Crippen molar-refractivity contribution in [1.82, 2.24) is 0 Å². The molecule has 0 aliphatic heterocycles. The maximum atomic E-state index is 2.38. The highest BCUT2D eigenvalue weighted by Gasteiger charge is 2.18. The lowest BCUT2D eigenvalue weighted by molar-refractivity contribution is 0.254. The summed E-state index contributed by atoms with van der Waals surface area (Å²) in [5, 5.41) is 0. The van der Waals surface area contributed by atoms with E-state index in [9.17, 15) is 0 Å². The van der Waals surface area contributed by atoms with E-state index in [0.717, 1.165) is 5.92 Å². The first kappa shape index (κ1) is 12.1. The minimum Gasteiger partial charge on any atom is -0.0777 e. The van der Waals surface area contributed by atoms with Gasteiger partial charge in [-0.2, -0.15) is 0 Å². The molecule has 0 aliphatic carbocycles. The minimum absolute atomic E-state index is 0.506. The van der Waals surface area contributed by atoms with Gasteiger partial charge in [-0.05, 0) is 11.3 Å². The van der Waals surface area contributed by atoms with Crippen LogP contribution in [0.1, 0.15) is 47.5 Å². The molecule has 0 N–H and O–H groups in total. The van der Waals surface area contributed by atoms with E-state index in [1.807, 2.05) is 0 Å². The van der Waals surface area contributed by atoms with Gasteiger partial charge in [-0.15, -0.1) is 0 Å². The van der Waals surface area contributed by atoms with Crippen LogP contribution < -0.4 is 0 Å². The van der Waals surface area contributed by atoms with Crippen molar-refractivity contribution >= 4 is 7.28 Å². The molecule has 0 aliphatic rings. The summed E-state index contributed by atoms with van der Waals surface area (Å²) in [6.07, 6.45) is 5.59. The van der Waals surface area contributed by atoms with E-state index >= 15 is 0 Å². The zero-order valence-electron chi connectivity index (χ0n) is 9.61. The standard InChI is InChI=1S/C11H25B/c1-6-8-12-9-7-10(2)11(3,4)5/h10,12H,6-9H2,1-5H3. The summed E-state index contributed by atoms with van der Waals surface area (Å²) in [6.45, 7) is 11.7. The highest BCUT2D eigenvalue weighted by atomic mass is 14.2. The van der Waals surface area contributed by atoms with Crippen molar-refractivity contribution in [3.63, 3.8) is 0 Å². The average molecular weight is 168 g/mol. The zero-order valence-corrected chi connectivity index (χ0v) is 9.61. The predicted molar refractivity (Wildman–Crippen MR) is 60.3 cm³/mol. The molecular weight excluding hydrogens is 143 g/mol.